The fourth-order valence-corrected chi connectivity index (χ4v) is 1.75. The maximum Gasteiger partial charge on any atom is 0.338 e. The van der Waals surface area contributed by atoms with Crippen molar-refractivity contribution in [3.8, 4) is 0 Å². The molecule has 0 heterocycles. The summed E-state index contributed by atoms with van der Waals surface area (Å²) < 4.78 is 5.05. The van der Waals surface area contributed by atoms with E-state index >= 15 is 0 Å². The van der Waals surface area contributed by atoms with Crippen molar-refractivity contribution in [3.05, 3.63) is 29.8 Å². The Hall–Kier alpha value is -1.62. The Kier molecular flexibility index (Phi) is 6.29. The van der Waals surface area contributed by atoms with Crippen molar-refractivity contribution in [3.63, 3.8) is 0 Å². The molecule has 0 aromatic heterocycles. The quantitative estimate of drug-likeness (QED) is 0.641. The van der Waals surface area contributed by atoms with E-state index in [1.807, 2.05) is 20.8 Å². The minimum absolute atomic E-state index is 0.281. The Bertz CT molecular complexity index is 430. The molecule has 0 spiro atoms. The summed E-state index contributed by atoms with van der Waals surface area (Å²) in [4.78, 5) is 11.6. The monoisotopic (exact) mass is 280 g/mol. The molecule has 5 heteroatoms. The summed E-state index contributed by atoms with van der Waals surface area (Å²) in [5.74, 6) is -0.295. The second-order valence-corrected chi connectivity index (χ2v) is 4.87. The van der Waals surface area contributed by atoms with Crippen LogP contribution in [0.2, 0.25) is 0 Å². The molecule has 0 bridgehead atoms. The van der Waals surface area contributed by atoms with Gasteiger partial charge in [0.25, 0.3) is 0 Å². The Morgan fingerprint density at radius 2 is 1.95 bits per heavy atom. The zero-order chi connectivity index (χ0) is 14.3. The Balaban J connectivity index is 2.56. The first-order valence-electron chi connectivity index (χ1n) is 6.37. The zero-order valence-corrected chi connectivity index (χ0v) is 12.3. The van der Waals surface area contributed by atoms with E-state index in [4.69, 9.17) is 17.0 Å². The molecule has 0 aliphatic rings. The summed E-state index contributed by atoms with van der Waals surface area (Å²) in [6.07, 6.45) is 0.820. The highest BCUT2D eigenvalue weighted by atomic mass is 32.1. The maximum absolute atomic E-state index is 11.6. The molecule has 1 aromatic carbocycles. The van der Waals surface area contributed by atoms with Crippen molar-refractivity contribution < 1.29 is 9.53 Å². The third kappa shape index (κ3) is 5.70. The van der Waals surface area contributed by atoms with Gasteiger partial charge >= 0.3 is 5.97 Å². The summed E-state index contributed by atoms with van der Waals surface area (Å²) in [7, 11) is 0. The molecule has 0 atom stereocenters. The van der Waals surface area contributed by atoms with Crippen LogP contribution in [0.4, 0.5) is 5.69 Å². The van der Waals surface area contributed by atoms with Gasteiger partial charge < -0.3 is 15.4 Å². The van der Waals surface area contributed by atoms with E-state index in [9.17, 15) is 4.79 Å². The summed E-state index contributed by atoms with van der Waals surface area (Å²) in [5, 5.41) is 6.70. The van der Waals surface area contributed by atoms with E-state index < -0.39 is 0 Å². The van der Waals surface area contributed by atoms with Crippen LogP contribution in [0.1, 0.15) is 37.6 Å². The predicted molar refractivity (Wildman–Crippen MR) is 81.5 cm³/mol. The number of nitrogens with one attached hydrogen (secondary N) is 2. The van der Waals surface area contributed by atoms with Crippen LogP contribution < -0.4 is 10.6 Å². The highest BCUT2D eigenvalue weighted by Gasteiger charge is 2.06. The van der Waals surface area contributed by atoms with Crippen LogP contribution in [0.5, 0.6) is 0 Å². The van der Waals surface area contributed by atoms with Gasteiger partial charge in [0.15, 0.2) is 5.11 Å². The van der Waals surface area contributed by atoms with Gasteiger partial charge in [-0.25, -0.2) is 4.79 Å². The van der Waals surface area contributed by atoms with E-state index in [1.165, 1.54) is 0 Å². The van der Waals surface area contributed by atoms with Crippen LogP contribution >= 0.6 is 12.2 Å². The Morgan fingerprint density at radius 1 is 1.32 bits per heavy atom. The van der Waals surface area contributed by atoms with Gasteiger partial charge in [-0.2, -0.15) is 0 Å². The number of carbonyl (C=O) groups excluding carboxylic acids is 1. The molecule has 1 aromatic rings. The molecular weight excluding hydrogens is 260 g/mol. The van der Waals surface area contributed by atoms with Crippen molar-refractivity contribution in [2.24, 2.45) is 0 Å². The smallest absolute Gasteiger partial charge is 0.338 e. The fraction of sp³-hybridized carbons (Fsp3) is 0.429. The fourth-order valence-electron chi connectivity index (χ4n) is 1.40. The lowest BCUT2D eigenvalue weighted by molar-refractivity contribution is 0.0505. The SMILES string of the molecule is CCCOC(=O)c1ccc(NC(=S)NC(C)C)cc1. The third-order valence-corrected chi connectivity index (χ3v) is 2.46. The van der Waals surface area contributed by atoms with Gasteiger partial charge in [-0.15, -0.1) is 0 Å². The molecule has 0 radical (unpaired) electrons. The van der Waals surface area contributed by atoms with E-state index in [0.29, 0.717) is 17.3 Å². The van der Waals surface area contributed by atoms with Crippen LogP contribution in [0, 0.1) is 0 Å². The molecule has 2 N–H and O–H groups in total. The van der Waals surface area contributed by atoms with Gasteiger partial charge in [-0.3, -0.25) is 0 Å². The van der Waals surface area contributed by atoms with Crippen molar-refractivity contribution in [1.82, 2.24) is 5.32 Å². The highest BCUT2D eigenvalue weighted by molar-refractivity contribution is 7.80. The van der Waals surface area contributed by atoms with Gasteiger partial charge in [0.05, 0.1) is 12.2 Å². The molecule has 0 aliphatic heterocycles. The number of ether oxygens (including phenoxy) is 1. The van der Waals surface area contributed by atoms with Gasteiger partial charge in [-0.05, 0) is 56.8 Å². The average molecular weight is 280 g/mol. The largest absolute Gasteiger partial charge is 0.462 e. The molecular formula is C14H20N2O2S. The first-order valence-corrected chi connectivity index (χ1v) is 6.78. The van der Waals surface area contributed by atoms with Crippen LogP contribution in [-0.4, -0.2) is 23.7 Å². The van der Waals surface area contributed by atoms with Crippen LogP contribution in [0.15, 0.2) is 24.3 Å². The van der Waals surface area contributed by atoms with Crippen LogP contribution in [0.25, 0.3) is 0 Å². The predicted octanol–water partition coefficient (Wildman–Crippen LogP) is 2.95. The zero-order valence-electron chi connectivity index (χ0n) is 11.5. The minimum Gasteiger partial charge on any atom is -0.462 e. The highest BCUT2D eigenvalue weighted by Crippen LogP contribution is 2.10. The first-order chi connectivity index (χ1) is 9.02. The summed E-state index contributed by atoms with van der Waals surface area (Å²) in [6, 6.07) is 7.33. The van der Waals surface area contributed by atoms with Crippen LogP contribution in [0.3, 0.4) is 0 Å². The lowest BCUT2D eigenvalue weighted by atomic mass is 10.2. The third-order valence-electron chi connectivity index (χ3n) is 2.24. The number of carbonyl (C=O) groups is 1. The normalized spacial score (nSPS) is 10.1. The summed E-state index contributed by atoms with van der Waals surface area (Å²) in [6.45, 7) is 6.44. The van der Waals surface area contributed by atoms with Crippen molar-refractivity contribution >= 4 is 29.0 Å². The van der Waals surface area contributed by atoms with Gasteiger partial charge in [-0.1, -0.05) is 6.92 Å². The topological polar surface area (TPSA) is 50.4 Å². The van der Waals surface area contributed by atoms with E-state index in [1.54, 1.807) is 24.3 Å². The van der Waals surface area contributed by atoms with Crippen molar-refractivity contribution in [2.75, 3.05) is 11.9 Å². The molecule has 19 heavy (non-hydrogen) atoms. The minimum atomic E-state index is -0.295. The number of esters is 1. The van der Waals surface area contributed by atoms with E-state index in [0.717, 1.165) is 12.1 Å². The van der Waals surface area contributed by atoms with E-state index in [2.05, 4.69) is 10.6 Å². The van der Waals surface area contributed by atoms with Gasteiger partial charge in [0.2, 0.25) is 0 Å². The molecule has 104 valence electrons. The second-order valence-electron chi connectivity index (χ2n) is 4.47. The molecule has 0 aliphatic carbocycles. The van der Waals surface area contributed by atoms with Crippen molar-refractivity contribution in [1.29, 1.82) is 0 Å². The Labute approximate surface area is 119 Å². The molecule has 0 saturated heterocycles. The average Bonchev–Trinajstić information content (AvgIpc) is 2.35. The van der Waals surface area contributed by atoms with Gasteiger partial charge in [0, 0.05) is 11.7 Å². The molecule has 1 rings (SSSR count). The van der Waals surface area contributed by atoms with Crippen molar-refractivity contribution in [2.45, 2.75) is 33.2 Å². The molecule has 4 nitrogen and oxygen atoms in total. The number of benzene rings is 1. The first kappa shape index (κ1) is 15.4. The Morgan fingerprint density at radius 3 is 2.47 bits per heavy atom. The number of anilines is 1. The molecule has 0 unspecified atom stereocenters. The molecule has 0 saturated carbocycles. The number of thiocarbonyl (C=S) groups is 1. The lowest BCUT2D eigenvalue weighted by Crippen LogP contribution is -2.33. The summed E-state index contributed by atoms with van der Waals surface area (Å²) in [5.41, 5.74) is 1.38. The standard InChI is InChI=1S/C14H20N2O2S/c1-4-9-18-13(17)11-5-7-12(8-6-11)16-14(19)15-10(2)3/h5-8,10H,4,9H2,1-3H3,(H2,15,16,19). The van der Waals surface area contributed by atoms with Gasteiger partial charge in [0.1, 0.15) is 0 Å². The van der Waals surface area contributed by atoms with E-state index in [-0.39, 0.29) is 12.0 Å². The lowest BCUT2D eigenvalue weighted by Gasteiger charge is -2.13. The maximum atomic E-state index is 11.6. The van der Waals surface area contributed by atoms with Crippen LogP contribution in [-0.2, 0) is 4.74 Å². The number of hydrogen-bond acceptors (Lipinski definition) is 3. The molecule has 0 fully saturated rings. The summed E-state index contributed by atoms with van der Waals surface area (Å²) >= 11 is 5.14. The molecule has 0 amide bonds. The second kappa shape index (κ2) is 7.74. The number of hydrogen-bond donors (Lipinski definition) is 2. The number of rotatable bonds is 5.